The van der Waals surface area contributed by atoms with E-state index >= 15 is 0 Å². The molecule has 0 spiro atoms. The molecule has 0 N–H and O–H groups in total. The van der Waals surface area contributed by atoms with E-state index in [1.165, 1.54) is 37.3 Å². The van der Waals surface area contributed by atoms with Crippen LogP contribution >= 0.6 is 11.6 Å². The molecule has 0 unspecified atom stereocenters. The summed E-state index contributed by atoms with van der Waals surface area (Å²) in [7, 11) is 6.73. The molecule has 0 aliphatic carbocycles. The van der Waals surface area contributed by atoms with Gasteiger partial charge in [-0.25, -0.2) is 8.78 Å². The van der Waals surface area contributed by atoms with Crippen LogP contribution in [0.4, 0.5) is 8.78 Å². The molecule has 0 radical (unpaired) electrons. The third kappa shape index (κ3) is 6.43. The zero-order valence-electron chi connectivity index (χ0n) is 17.4. The number of carbonyl (C=O) groups is 1. The predicted octanol–water partition coefficient (Wildman–Crippen LogP) is 4.24. The van der Waals surface area contributed by atoms with E-state index < -0.39 is 11.6 Å². The van der Waals surface area contributed by atoms with Crippen LogP contribution in [0, 0.1) is 11.6 Å². The second-order valence-electron chi connectivity index (χ2n) is 6.87. The van der Waals surface area contributed by atoms with Crippen molar-refractivity contribution in [2.45, 2.75) is 6.54 Å². The van der Waals surface area contributed by atoms with Gasteiger partial charge in [-0.3, -0.25) is 4.79 Å². The van der Waals surface area contributed by atoms with Crippen molar-refractivity contribution in [2.75, 3.05) is 41.4 Å². The van der Waals surface area contributed by atoms with Crippen LogP contribution in [0.5, 0.6) is 11.5 Å². The highest BCUT2D eigenvalue weighted by Gasteiger charge is 2.15. The first-order valence-electron chi connectivity index (χ1n) is 9.22. The number of carbonyl (C=O) groups excluding carboxylic acids is 1. The Morgan fingerprint density at radius 1 is 1.10 bits per heavy atom. The summed E-state index contributed by atoms with van der Waals surface area (Å²) in [4.78, 5) is 16.2. The van der Waals surface area contributed by atoms with E-state index in [0.717, 1.165) is 6.07 Å². The summed E-state index contributed by atoms with van der Waals surface area (Å²) in [6, 6.07) is 6.67. The molecule has 0 saturated heterocycles. The lowest BCUT2D eigenvalue weighted by Crippen LogP contribution is -2.35. The number of likely N-dealkylation sites (N-methyl/N-ethyl adjacent to an activating group) is 1. The number of ether oxygens (including phenoxy) is 2. The second-order valence-corrected chi connectivity index (χ2v) is 7.28. The number of rotatable bonds is 9. The third-order valence-corrected chi connectivity index (χ3v) is 4.66. The number of amides is 1. The van der Waals surface area contributed by atoms with Crippen molar-refractivity contribution in [2.24, 2.45) is 0 Å². The lowest BCUT2D eigenvalue weighted by molar-refractivity contribution is -0.126. The summed E-state index contributed by atoms with van der Waals surface area (Å²) in [6.45, 7) is 0.986. The van der Waals surface area contributed by atoms with Crippen molar-refractivity contribution in [3.05, 3.63) is 64.2 Å². The molecule has 0 saturated carbocycles. The zero-order chi connectivity index (χ0) is 22.3. The van der Waals surface area contributed by atoms with E-state index in [2.05, 4.69) is 0 Å². The maximum absolute atomic E-state index is 14.1. The first-order chi connectivity index (χ1) is 14.2. The first kappa shape index (κ1) is 23.6. The van der Waals surface area contributed by atoms with E-state index in [-0.39, 0.29) is 18.0 Å². The van der Waals surface area contributed by atoms with E-state index in [4.69, 9.17) is 21.1 Å². The molecule has 1 amide bonds. The number of hydrogen-bond acceptors (Lipinski definition) is 4. The average molecular weight is 439 g/mol. The minimum absolute atomic E-state index is 0.0236. The van der Waals surface area contributed by atoms with Crippen molar-refractivity contribution in [1.29, 1.82) is 0 Å². The Bertz CT molecular complexity index is 919. The predicted molar refractivity (Wildman–Crippen MR) is 114 cm³/mol. The van der Waals surface area contributed by atoms with Crippen LogP contribution in [-0.2, 0) is 11.3 Å². The van der Waals surface area contributed by atoms with Gasteiger partial charge in [-0.1, -0.05) is 17.7 Å². The lowest BCUT2D eigenvalue weighted by Gasteiger charge is -2.23. The van der Waals surface area contributed by atoms with E-state index in [1.54, 1.807) is 18.2 Å². The molecule has 0 heterocycles. The number of methoxy groups -OCH3 is 2. The molecule has 0 bridgehead atoms. The van der Waals surface area contributed by atoms with Gasteiger partial charge in [-0.05, 0) is 43.9 Å². The molecule has 5 nitrogen and oxygen atoms in total. The Kier molecular flexibility index (Phi) is 8.62. The molecular formula is C22H25ClF2N2O3. The van der Waals surface area contributed by atoms with Gasteiger partial charge in [0.05, 0.1) is 19.2 Å². The Hall–Kier alpha value is -2.64. The average Bonchev–Trinajstić information content (AvgIpc) is 2.70. The number of halogens is 3. The molecule has 2 aromatic rings. The number of hydrogen-bond donors (Lipinski definition) is 0. The van der Waals surface area contributed by atoms with Crippen LogP contribution in [0.15, 0.2) is 36.4 Å². The fourth-order valence-corrected chi connectivity index (χ4v) is 3.05. The largest absolute Gasteiger partial charge is 0.493 e. The molecule has 0 aliphatic heterocycles. The number of nitrogens with zero attached hydrogens (tertiary/aromatic N) is 2. The van der Waals surface area contributed by atoms with E-state index in [9.17, 15) is 13.6 Å². The second kappa shape index (κ2) is 10.9. The maximum atomic E-state index is 14.1. The van der Waals surface area contributed by atoms with Gasteiger partial charge < -0.3 is 19.3 Å². The lowest BCUT2D eigenvalue weighted by atomic mass is 10.1. The first-order valence-corrected chi connectivity index (χ1v) is 9.60. The molecule has 0 aliphatic rings. The summed E-state index contributed by atoms with van der Waals surface area (Å²) < 4.78 is 37.7. The molecule has 0 fully saturated rings. The molecule has 2 rings (SSSR count). The maximum Gasteiger partial charge on any atom is 0.246 e. The minimum atomic E-state index is -0.687. The standard InChI is InChI=1S/C22H25ClF2N2O3/c1-26(2)9-10-27(14-16-6-7-17(24)13-19(16)25)21(28)8-5-15-11-18(23)22(30-4)20(12-15)29-3/h5-8,11-13H,9-10,14H2,1-4H3/b8-5+. The molecular weight excluding hydrogens is 414 g/mol. The summed E-state index contributed by atoms with van der Waals surface area (Å²) in [5.41, 5.74) is 0.887. The summed E-state index contributed by atoms with van der Waals surface area (Å²) in [6.07, 6.45) is 2.98. The Morgan fingerprint density at radius 2 is 1.83 bits per heavy atom. The third-order valence-electron chi connectivity index (χ3n) is 4.38. The normalized spacial score (nSPS) is 11.2. The monoisotopic (exact) mass is 438 g/mol. The smallest absolute Gasteiger partial charge is 0.246 e. The zero-order valence-corrected chi connectivity index (χ0v) is 18.2. The number of benzene rings is 2. The van der Waals surface area contributed by atoms with Crippen molar-refractivity contribution in [1.82, 2.24) is 9.80 Å². The molecule has 30 heavy (non-hydrogen) atoms. The Morgan fingerprint density at radius 3 is 2.43 bits per heavy atom. The van der Waals surface area contributed by atoms with Crippen molar-refractivity contribution < 1.29 is 23.0 Å². The summed E-state index contributed by atoms with van der Waals surface area (Å²) >= 11 is 6.20. The van der Waals surface area contributed by atoms with Crippen LogP contribution in [0.2, 0.25) is 5.02 Å². The highest BCUT2D eigenvalue weighted by molar-refractivity contribution is 6.32. The van der Waals surface area contributed by atoms with Crippen LogP contribution in [0.1, 0.15) is 11.1 Å². The fourth-order valence-electron chi connectivity index (χ4n) is 2.75. The van der Waals surface area contributed by atoms with Crippen LogP contribution in [0.3, 0.4) is 0 Å². The molecule has 0 aromatic heterocycles. The van der Waals surface area contributed by atoms with Crippen molar-refractivity contribution >= 4 is 23.6 Å². The van der Waals surface area contributed by atoms with E-state index in [0.29, 0.717) is 35.2 Å². The van der Waals surface area contributed by atoms with Crippen molar-refractivity contribution in [3.63, 3.8) is 0 Å². The van der Waals surface area contributed by atoms with E-state index in [1.807, 2.05) is 19.0 Å². The van der Waals surface area contributed by atoms with Gasteiger partial charge >= 0.3 is 0 Å². The minimum Gasteiger partial charge on any atom is -0.493 e. The van der Waals surface area contributed by atoms with Crippen molar-refractivity contribution in [3.8, 4) is 11.5 Å². The van der Waals surface area contributed by atoms with Crippen LogP contribution in [-0.4, -0.2) is 57.1 Å². The van der Waals surface area contributed by atoms with Gasteiger partial charge in [-0.2, -0.15) is 0 Å². The summed E-state index contributed by atoms with van der Waals surface area (Å²) in [5, 5.41) is 0.349. The quantitative estimate of drug-likeness (QED) is 0.549. The van der Waals surface area contributed by atoms with Gasteiger partial charge in [0.2, 0.25) is 5.91 Å². The van der Waals surface area contributed by atoms with Crippen LogP contribution in [0.25, 0.3) is 6.08 Å². The Labute approximate surface area is 180 Å². The highest BCUT2D eigenvalue weighted by Crippen LogP contribution is 2.36. The van der Waals surface area contributed by atoms with Gasteiger partial charge in [0, 0.05) is 37.3 Å². The van der Waals surface area contributed by atoms with Crippen LogP contribution < -0.4 is 9.47 Å². The Balaban J connectivity index is 2.24. The molecule has 162 valence electrons. The van der Waals surface area contributed by atoms with Gasteiger partial charge in [0.25, 0.3) is 0 Å². The SMILES string of the molecule is COc1cc(/C=C/C(=O)N(CCN(C)C)Cc2ccc(F)cc2F)cc(Cl)c1OC. The van der Waals surface area contributed by atoms with Gasteiger partial charge in [0.15, 0.2) is 11.5 Å². The van der Waals surface area contributed by atoms with Gasteiger partial charge in [0.1, 0.15) is 11.6 Å². The highest BCUT2D eigenvalue weighted by atomic mass is 35.5. The van der Waals surface area contributed by atoms with Gasteiger partial charge in [-0.15, -0.1) is 0 Å². The molecule has 0 atom stereocenters. The molecule has 2 aromatic carbocycles. The fraction of sp³-hybridized carbons (Fsp3) is 0.318. The summed E-state index contributed by atoms with van der Waals surface area (Å²) in [5.74, 6) is -0.815. The topological polar surface area (TPSA) is 42.0 Å². The molecule has 8 heteroatoms.